The molecule has 1 aliphatic heterocycles. The molecule has 0 aromatic rings. The quantitative estimate of drug-likeness (QED) is 0.527. The van der Waals surface area contributed by atoms with Gasteiger partial charge in [0.2, 0.25) is 0 Å². The number of ether oxygens (including phenoxy) is 1. The molecule has 70 valence electrons. The van der Waals surface area contributed by atoms with Crippen LogP contribution in [0.3, 0.4) is 0 Å². The van der Waals surface area contributed by atoms with Crippen LogP contribution in [-0.2, 0) is 4.74 Å². The third kappa shape index (κ3) is 9.96. The highest BCUT2D eigenvalue weighted by molar-refractivity contribution is 4.55. The lowest BCUT2D eigenvalue weighted by atomic mass is 10.1. The highest BCUT2D eigenvalue weighted by Gasteiger charge is 2.06. The molecule has 1 saturated heterocycles. The van der Waals surface area contributed by atoms with Crippen molar-refractivity contribution < 1.29 is 4.74 Å². The zero-order chi connectivity index (χ0) is 9.11. The Labute approximate surface area is 72.1 Å². The summed E-state index contributed by atoms with van der Waals surface area (Å²) in [6.45, 7) is 12.2. The Kier molecular flexibility index (Phi) is 15.5. The van der Waals surface area contributed by atoms with E-state index in [1.165, 1.54) is 12.8 Å². The lowest BCUT2D eigenvalue weighted by Crippen LogP contribution is -2.13. The second-order valence-corrected chi connectivity index (χ2v) is 2.32. The molecule has 0 amide bonds. The van der Waals surface area contributed by atoms with E-state index in [0.717, 1.165) is 19.1 Å². The molecular weight excluding hydrogens is 136 g/mol. The van der Waals surface area contributed by atoms with E-state index in [0.29, 0.717) is 0 Å². The monoisotopic (exact) mass is 160 g/mol. The molecule has 0 spiro atoms. The van der Waals surface area contributed by atoms with Gasteiger partial charge in [0.25, 0.3) is 0 Å². The third-order valence-electron chi connectivity index (χ3n) is 1.39. The van der Waals surface area contributed by atoms with Crippen molar-refractivity contribution in [3.8, 4) is 0 Å². The molecular formula is C10H24O. The van der Waals surface area contributed by atoms with Gasteiger partial charge in [0.15, 0.2) is 0 Å². The first-order valence-electron chi connectivity index (χ1n) is 4.97. The van der Waals surface area contributed by atoms with Gasteiger partial charge in [-0.2, -0.15) is 0 Å². The molecule has 0 aliphatic carbocycles. The third-order valence-corrected chi connectivity index (χ3v) is 1.39. The van der Waals surface area contributed by atoms with E-state index in [1.54, 1.807) is 0 Å². The maximum atomic E-state index is 5.18. The maximum absolute atomic E-state index is 5.18. The summed E-state index contributed by atoms with van der Waals surface area (Å²) in [5.74, 6) is 0.814. The second-order valence-electron chi connectivity index (χ2n) is 2.32. The number of hydrogen-bond donors (Lipinski definition) is 0. The first kappa shape index (κ1) is 13.5. The van der Waals surface area contributed by atoms with Gasteiger partial charge in [0.1, 0.15) is 0 Å². The standard InChI is InChI=1S/C6H12O.2C2H6/c1-6-3-2-4-7-5-6;2*1-2/h6H,2-5H2,1H3;2*1-2H3/t6-;;/m0../s1. The van der Waals surface area contributed by atoms with Crippen molar-refractivity contribution in [1.29, 1.82) is 0 Å². The van der Waals surface area contributed by atoms with E-state index in [-0.39, 0.29) is 0 Å². The molecule has 0 aromatic heterocycles. The SMILES string of the molecule is CC.CC.C[C@H]1CCCOC1. The van der Waals surface area contributed by atoms with Gasteiger partial charge in [-0.05, 0) is 18.8 Å². The average Bonchev–Trinajstić information content (AvgIpc) is 2.13. The van der Waals surface area contributed by atoms with Crippen LogP contribution in [0.25, 0.3) is 0 Å². The summed E-state index contributed by atoms with van der Waals surface area (Å²) in [6.07, 6.45) is 2.63. The first-order valence-corrected chi connectivity index (χ1v) is 4.97. The van der Waals surface area contributed by atoms with Gasteiger partial charge in [-0.25, -0.2) is 0 Å². The normalized spacial score (nSPS) is 22.1. The molecule has 1 heterocycles. The van der Waals surface area contributed by atoms with Crippen molar-refractivity contribution in [2.24, 2.45) is 5.92 Å². The van der Waals surface area contributed by atoms with Crippen molar-refractivity contribution in [3.63, 3.8) is 0 Å². The summed E-state index contributed by atoms with van der Waals surface area (Å²) in [5.41, 5.74) is 0. The van der Waals surface area contributed by atoms with Crippen molar-refractivity contribution in [3.05, 3.63) is 0 Å². The van der Waals surface area contributed by atoms with Crippen molar-refractivity contribution in [2.45, 2.75) is 47.5 Å². The minimum absolute atomic E-state index is 0.814. The lowest BCUT2D eigenvalue weighted by molar-refractivity contribution is 0.0616. The van der Waals surface area contributed by atoms with Crippen LogP contribution in [0.5, 0.6) is 0 Å². The Balaban J connectivity index is 0. The van der Waals surface area contributed by atoms with Gasteiger partial charge in [-0.1, -0.05) is 34.6 Å². The van der Waals surface area contributed by atoms with Crippen LogP contribution < -0.4 is 0 Å². The van der Waals surface area contributed by atoms with Crippen LogP contribution in [0.15, 0.2) is 0 Å². The Hall–Kier alpha value is -0.0400. The highest BCUT2D eigenvalue weighted by Crippen LogP contribution is 2.10. The summed E-state index contributed by atoms with van der Waals surface area (Å²) in [4.78, 5) is 0. The fourth-order valence-electron chi connectivity index (χ4n) is 0.902. The van der Waals surface area contributed by atoms with Gasteiger partial charge in [-0.3, -0.25) is 0 Å². The average molecular weight is 160 g/mol. The van der Waals surface area contributed by atoms with Gasteiger partial charge < -0.3 is 4.74 Å². The lowest BCUT2D eigenvalue weighted by Gasteiger charge is -2.16. The Morgan fingerprint density at radius 3 is 1.82 bits per heavy atom. The molecule has 0 unspecified atom stereocenters. The topological polar surface area (TPSA) is 9.23 Å². The molecule has 1 atom stereocenters. The summed E-state index contributed by atoms with van der Waals surface area (Å²) < 4.78 is 5.18. The van der Waals surface area contributed by atoms with E-state index in [2.05, 4.69) is 6.92 Å². The summed E-state index contributed by atoms with van der Waals surface area (Å²) in [6, 6.07) is 0. The second kappa shape index (κ2) is 12.6. The Morgan fingerprint density at radius 1 is 1.09 bits per heavy atom. The molecule has 11 heavy (non-hydrogen) atoms. The summed E-state index contributed by atoms with van der Waals surface area (Å²) in [7, 11) is 0. The van der Waals surface area contributed by atoms with Crippen molar-refractivity contribution >= 4 is 0 Å². The highest BCUT2D eigenvalue weighted by atomic mass is 16.5. The van der Waals surface area contributed by atoms with E-state index in [9.17, 15) is 0 Å². The fraction of sp³-hybridized carbons (Fsp3) is 1.00. The van der Waals surface area contributed by atoms with Gasteiger partial charge >= 0.3 is 0 Å². The van der Waals surface area contributed by atoms with Crippen LogP contribution in [0.1, 0.15) is 47.5 Å². The molecule has 1 aliphatic rings. The van der Waals surface area contributed by atoms with Crippen LogP contribution in [0.4, 0.5) is 0 Å². The van der Waals surface area contributed by atoms with Crippen LogP contribution in [0.2, 0.25) is 0 Å². The molecule has 0 radical (unpaired) electrons. The molecule has 1 heteroatoms. The molecule has 0 N–H and O–H groups in total. The first-order chi connectivity index (χ1) is 5.39. The van der Waals surface area contributed by atoms with Gasteiger partial charge in [-0.15, -0.1) is 0 Å². The van der Waals surface area contributed by atoms with E-state index in [4.69, 9.17) is 4.74 Å². The zero-order valence-corrected chi connectivity index (χ0v) is 8.81. The smallest absolute Gasteiger partial charge is 0.0491 e. The van der Waals surface area contributed by atoms with E-state index in [1.807, 2.05) is 27.7 Å². The van der Waals surface area contributed by atoms with Crippen LogP contribution >= 0.6 is 0 Å². The molecule has 1 rings (SSSR count). The Bertz CT molecular complexity index is 46.8. The van der Waals surface area contributed by atoms with Crippen molar-refractivity contribution in [1.82, 2.24) is 0 Å². The molecule has 1 nitrogen and oxygen atoms in total. The zero-order valence-electron chi connectivity index (χ0n) is 8.81. The predicted octanol–water partition coefficient (Wildman–Crippen LogP) is 3.49. The van der Waals surface area contributed by atoms with Crippen LogP contribution in [0, 0.1) is 5.92 Å². The van der Waals surface area contributed by atoms with Crippen molar-refractivity contribution in [2.75, 3.05) is 13.2 Å². The largest absolute Gasteiger partial charge is 0.381 e. The number of rotatable bonds is 0. The Morgan fingerprint density at radius 2 is 1.64 bits per heavy atom. The maximum Gasteiger partial charge on any atom is 0.0491 e. The molecule has 0 saturated carbocycles. The van der Waals surface area contributed by atoms with Crippen LogP contribution in [-0.4, -0.2) is 13.2 Å². The van der Waals surface area contributed by atoms with Gasteiger partial charge in [0, 0.05) is 13.2 Å². The van der Waals surface area contributed by atoms with E-state index < -0.39 is 0 Å². The minimum atomic E-state index is 0.814. The minimum Gasteiger partial charge on any atom is -0.381 e. The molecule has 0 bridgehead atoms. The molecule has 1 fully saturated rings. The van der Waals surface area contributed by atoms with Gasteiger partial charge in [0.05, 0.1) is 0 Å². The van der Waals surface area contributed by atoms with E-state index >= 15 is 0 Å². The summed E-state index contributed by atoms with van der Waals surface area (Å²) >= 11 is 0. The molecule has 0 aromatic carbocycles. The number of hydrogen-bond acceptors (Lipinski definition) is 1. The fourth-order valence-corrected chi connectivity index (χ4v) is 0.902. The predicted molar refractivity (Wildman–Crippen MR) is 51.9 cm³/mol. The summed E-state index contributed by atoms with van der Waals surface area (Å²) in [5, 5.41) is 0.